The maximum absolute atomic E-state index is 11.0. The van der Waals surface area contributed by atoms with E-state index in [1.54, 1.807) is 0 Å². The highest BCUT2D eigenvalue weighted by molar-refractivity contribution is 5.73. The summed E-state index contributed by atoms with van der Waals surface area (Å²) in [6, 6.07) is 1.49. The molecule has 0 heterocycles. The van der Waals surface area contributed by atoms with Gasteiger partial charge >= 0.3 is 5.97 Å². The molecular formula is C18H29NO2. The minimum Gasteiger partial charge on any atom is -0.480 e. The van der Waals surface area contributed by atoms with Crippen LogP contribution in [0.15, 0.2) is 6.07 Å². The minimum absolute atomic E-state index is 0.288. The Kier molecular flexibility index (Phi) is 5.97. The second-order valence-electron chi connectivity index (χ2n) is 6.30. The number of aryl methyl sites for hydroxylation is 1. The molecule has 0 spiro atoms. The quantitative estimate of drug-likeness (QED) is 0.836. The van der Waals surface area contributed by atoms with Crippen molar-refractivity contribution in [2.45, 2.75) is 66.3 Å². The molecule has 3 unspecified atom stereocenters. The Bertz CT molecular complexity index is 522. The van der Waals surface area contributed by atoms with Gasteiger partial charge in [0.25, 0.3) is 0 Å². The zero-order valence-electron chi connectivity index (χ0n) is 14.2. The summed E-state index contributed by atoms with van der Waals surface area (Å²) in [5.74, 6) is -0.302. The fraction of sp³-hybridized carbons (Fsp3) is 0.611. The van der Waals surface area contributed by atoms with E-state index >= 15 is 0 Å². The molecule has 21 heavy (non-hydrogen) atoms. The molecular weight excluding hydrogens is 262 g/mol. The van der Waals surface area contributed by atoms with Crippen LogP contribution >= 0.6 is 0 Å². The number of hydrogen-bond donors (Lipinski definition) is 2. The molecule has 3 nitrogen and oxygen atoms in total. The van der Waals surface area contributed by atoms with Crippen LogP contribution in [0, 0.1) is 33.6 Å². The zero-order valence-corrected chi connectivity index (χ0v) is 14.2. The predicted molar refractivity (Wildman–Crippen MR) is 87.8 cm³/mol. The van der Waals surface area contributed by atoms with Gasteiger partial charge in [-0.2, -0.15) is 0 Å². The van der Waals surface area contributed by atoms with E-state index in [-0.39, 0.29) is 5.92 Å². The van der Waals surface area contributed by atoms with Crippen molar-refractivity contribution in [3.63, 3.8) is 0 Å². The number of carboxylic acid groups (broad SMARTS) is 1. The largest absolute Gasteiger partial charge is 0.480 e. The molecule has 0 amide bonds. The van der Waals surface area contributed by atoms with E-state index in [0.29, 0.717) is 12.3 Å². The lowest BCUT2D eigenvalue weighted by Gasteiger charge is -2.27. The van der Waals surface area contributed by atoms with Gasteiger partial charge in [-0.25, -0.2) is 0 Å². The SMILES string of the molecule is CCC(CC(N)C(=O)O)C(C)c1cc(C)c(C)c(C)c1C. The molecule has 1 aromatic rings. The molecule has 0 aliphatic rings. The Morgan fingerprint density at radius 3 is 2.24 bits per heavy atom. The summed E-state index contributed by atoms with van der Waals surface area (Å²) in [5.41, 5.74) is 12.4. The van der Waals surface area contributed by atoms with Crippen molar-refractivity contribution in [2.24, 2.45) is 11.7 Å². The van der Waals surface area contributed by atoms with Gasteiger partial charge in [0, 0.05) is 0 Å². The second-order valence-corrected chi connectivity index (χ2v) is 6.30. The Labute approximate surface area is 128 Å². The topological polar surface area (TPSA) is 63.3 Å². The van der Waals surface area contributed by atoms with Crippen molar-refractivity contribution in [2.75, 3.05) is 0 Å². The van der Waals surface area contributed by atoms with Crippen LogP contribution in [-0.2, 0) is 4.79 Å². The number of hydrogen-bond acceptors (Lipinski definition) is 2. The summed E-state index contributed by atoms with van der Waals surface area (Å²) < 4.78 is 0. The van der Waals surface area contributed by atoms with Gasteiger partial charge in [-0.15, -0.1) is 0 Å². The standard InChI is InChI=1S/C18H29NO2/c1-7-15(9-17(19)18(20)21)14(6)16-8-10(2)11(3)12(4)13(16)5/h8,14-15,17H,7,9,19H2,1-6H3,(H,20,21). The van der Waals surface area contributed by atoms with Crippen LogP contribution in [0.4, 0.5) is 0 Å². The van der Waals surface area contributed by atoms with Gasteiger partial charge in [-0.05, 0) is 73.8 Å². The van der Waals surface area contributed by atoms with Gasteiger partial charge in [-0.1, -0.05) is 26.3 Å². The average Bonchev–Trinajstić information content (AvgIpc) is 2.45. The van der Waals surface area contributed by atoms with Crippen LogP contribution in [0.5, 0.6) is 0 Å². The highest BCUT2D eigenvalue weighted by Crippen LogP contribution is 2.34. The predicted octanol–water partition coefficient (Wildman–Crippen LogP) is 3.85. The van der Waals surface area contributed by atoms with Crippen molar-refractivity contribution in [1.29, 1.82) is 0 Å². The summed E-state index contributed by atoms with van der Waals surface area (Å²) in [7, 11) is 0. The molecule has 0 aromatic heterocycles. The van der Waals surface area contributed by atoms with E-state index < -0.39 is 12.0 Å². The molecule has 1 rings (SSSR count). The van der Waals surface area contributed by atoms with Gasteiger partial charge in [0.05, 0.1) is 0 Å². The van der Waals surface area contributed by atoms with E-state index in [4.69, 9.17) is 10.8 Å². The fourth-order valence-electron chi connectivity index (χ4n) is 3.12. The number of carboxylic acids is 1. The van der Waals surface area contributed by atoms with Crippen molar-refractivity contribution >= 4 is 5.97 Å². The maximum Gasteiger partial charge on any atom is 0.320 e. The van der Waals surface area contributed by atoms with Crippen LogP contribution in [-0.4, -0.2) is 17.1 Å². The van der Waals surface area contributed by atoms with Gasteiger partial charge in [0.15, 0.2) is 0 Å². The first-order valence-corrected chi connectivity index (χ1v) is 7.76. The zero-order chi connectivity index (χ0) is 16.3. The van der Waals surface area contributed by atoms with Crippen molar-refractivity contribution in [1.82, 2.24) is 0 Å². The van der Waals surface area contributed by atoms with E-state index in [9.17, 15) is 4.79 Å². The molecule has 0 saturated carbocycles. The lowest BCUT2D eigenvalue weighted by molar-refractivity contribution is -0.139. The summed E-state index contributed by atoms with van der Waals surface area (Å²) in [6.07, 6.45) is 1.46. The lowest BCUT2D eigenvalue weighted by Crippen LogP contribution is -2.33. The maximum atomic E-state index is 11.0. The minimum atomic E-state index is -0.909. The highest BCUT2D eigenvalue weighted by atomic mass is 16.4. The van der Waals surface area contributed by atoms with Crippen LogP contribution in [0.25, 0.3) is 0 Å². The third-order valence-corrected chi connectivity index (χ3v) is 5.12. The molecule has 0 bridgehead atoms. The first-order valence-electron chi connectivity index (χ1n) is 7.76. The Morgan fingerprint density at radius 1 is 1.19 bits per heavy atom. The monoisotopic (exact) mass is 291 g/mol. The molecule has 3 heteroatoms. The third-order valence-electron chi connectivity index (χ3n) is 5.12. The highest BCUT2D eigenvalue weighted by Gasteiger charge is 2.25. The van der Waals surface area contributed by atoms with Crippen molar-refractivity contribution < 1.29 is 9.90 Å². The van der Waals surface area contributed by atoms with Gasteiger partial charge in [0.2, 0.25) is 0 Å². The fourth-order valence-corrected chi connectivity index (χ4v) is 3.12. The molecule has 118 valence electrons. The number of benzene rings is 1. The van der Waals surface area contributed by atoms with Crippen LogP contribution in [0.3, 0.4) is 0 Å². The molecule has 0 radical (unpaired) electrons. The van der Waals surface area contributed by atoms with Crippen LogP contribution < -0.4 is 5.73 Å². The number of carbonyl (C=O) groups is 1. The van der Waals surface area contributed by atoms with Crippen LogP contribution in [0.1, 0.15) is 60.4 Å². The average molecular weight is 291 g/mol. The van der Waals surface area contributed by atoms with E-state index in [2.05, 4.69) is 47.6 Å². The summed E-state index contributed by atoms with van der Waals surface area (Å²) in [6.45, 7) is 12.9. The van der Waals surface area contributed by atoms with E-state index in [1.165, 1.54) is 27.8 Å². The van der Waals surface area contributed by atoms with Crippen molar-refractivity contribution in [3.05, 3.63) is 33.9 Å². The number of aliphatic carboxylic acids is 1. The second kappa shape index (κ2) is 7.08. The first-order chi connectivity index (χ1) is 9.70. The van der Waals surface area contributed by atoms with Crippen molar-refractivity contribution in [3.8, 4) is 0 Å². The van der Waals surface area contributed by atoms with Gasteiger partial charge in [0.1, 0.15) is 6.04 Å². The third kappa shape index (κ3) is 3.85. The molecule has 3 N–H and O–H groups in total. The normalized spacial score (nSPS) is 15.6. The first kappa shape index (κ1) is 17.7. The summed E-state index contributed by atoms with van der Waals surface area (Å²) in [5, 5.41) is 9.03. The molecule has 0 fully saturated rings. The molecule has 0 aliphatic carbocycles. The molecule has 0 saturated heterocycles. The number of rotatable bonds is 6. The summed E-state index contributed by atoms with van der Waals surface area (Å²) >= 11 is 0. The van der Waals surface area contributed by atoms with Gasteiger partial charge in [-0.3, -0.25) is 4.79 Å². The molecule has 1 aromatic carbocycles. The molecule has 3 atom stereocenters. The van der Waals surface area contributed by atoms with E-state index in [0.717, 1.165) is 6.42 Å². The van der Waals surface area contributed by atoms with Crippen LogP contribution in [0.2, 0.25) is 0 Å². The Hall–Kier alpha value is -1.35. The smallest absolute Gasteiger partial charge is 0.320 e. The van der Waals surface area contributed by atoms with Gasteiger partial charge < -0.3 is 10.8 Å². The Balaban J connectivity index is 3.11. The van der Waals surface area contributed by atoms with E-state index in [1.807, 2.05) is 0 Å². The number of nitrogens with two attached hydrogens (primary N) is 1. The molecule has 0 aliphatic heterocycles. The lowest BCUT2D eigenvalue weighted by atomic mass is 9.78. The Morgan fingerprint density at radius 2 is 1.76 bits per heavy atom. The summed E-state index contributed by atoms with van der Waals surface area (Å²) in [4.78, 5) is 11.0.